The molecule has 0 radical (unpaired) electrons. The summed E-state index contributed by atoms with van der Waals surface area (Å²) >= 11 is 3.19. The van der Waals surface area contributed by atoms with Crippen molar-refractivity contribution in [2.45, 2.75) is 23.4 Å². The number of hydrogen-bond donors (Lipinski definition) is 0. The van der Waals surface area contributed by atoms with Crippen molar-refractivity contribution in [2.24, 2.45) is 0 Å². The van der Waals surface area contributed by atoms with Gasteiger partial charge in [0.2, 0.25) is 0 Å². The second-order valence-electron chi connectivity index (χ2n) is 5.73. The zero-order valence-electron chi connectivity index (χ0n) is 14.8. The van der Waals surface area contributed by atoms with E-state index in [4.69, 9.17) is 4.74 Å². The number of benzene rings is 2. The van der Waals surface area contributed by atoms with Crippen molar-refractivity contribution in [1.82, 2.24) is 4.98 Å². The standard InChI is InChI=1S/C21H18N2O2S2/c1-2-25-20(24)11-18-14-27-21(23-18)26-13-15-7-9-16(10-8-15)19-6-4-3-5-17(19)12-22/h3-10,14H,2,11,13H2,1H3. The van der Waals surface area contributed by atoms with Crippen molar-refractivity contribution in [3.63, 3.8) is 0 Å². The molecule has 0 aliphatic heterocycles. The summed E-state index contributed by atoms with van der Waals surface area (Å²) < 4.78 is 5.89. The number of thiazole rings is 1. The molecule has 0 saturated carbocycles. The number of hydrogen-bond acceptors (Lipinski definition) is 6. The zero-order chi connectivity index (χ0) is 19.1. The van der Waals surface area contributed by atoms with Crippen LogP contribution in [0.15, 0.2) is 58.3 Å². The van der Waals surface area contributed by atoms with E-state index in [0.29, 0.717) is 12.2 Å². The van der Waals surface area contributed by atoms with Crippen molar-refractivity contribution in [1.29, 1.82) is 5.26 Å². The first-order valence-corrected chi connectivity index (χ1v) is 10.4. The van der Waals surface area contributed by atoms with Crippen LogP contribution in [0.5, 0.6) is 0 Å². The molecule has 27 heavy (non-hydrogen) atoms. The third-order valence-corrected chi connectivity index (χ3v) is 5.98. The average molecular weight is 395 g/mol. The molecule has 0 bridgehead atoms. The number of thioether (sulfide) groups is 1. The van der Waals surface area contributed by atoms with Crippen LogP contribution in [0.2, 0.25) is 0 Å². The van der Waals surface area contributed by atoms with Crippen molar-refractivity contribution in [2.75, 3.05) is 6.61 Å². The predicted molar refractivity (Wildman–Crippen MR) is 109 cm³/mol. The van der Waals surface area contributed by atoms with Crippen LogP contribution in [0.4, 0.5) is 0 Å². The van der Waals surface area contributed by atoms with Crippen molar-refractivity contribution in [3.05, 3.63) is 70.7 Å². The molecule has 0 amide bonds. The van der Waals surface area contributed by atoms with Gasteiger partial charge in [-0.05, 0) is 29.7 Å². The lowest BCUT2D eigenvalue weighted by Gasteiger charge is -2.05. The lowest BCUT2D eigenvalue weighted by molar-refractivity contribution is -0.142. The molecule has 0 N–H and O–H groups in total. The highest BCUT2D eigenvalue weighted by molar-refractivity contribution is 8.00. The van der Waals surface area contributed by atoms with Crippen LogP contribution in [0.25, 0.3) is 11.1 Å². The van der Waals surface area contributed by atoms with E-state index in [0.717, 1.165) is 26.9 Å². The van der Waals surface area contributed by atoms with E-state index < -0.39 is 0 Å². The maximum absolute atomic E-state index is 11.5. The molecule has 2 aromatic carbocycles. The summed E-state index contributed by atoms with van der Waals surface area (Å²) in [6.07, 6.45) is 0.220. The molecule has 4 nitrogen and oxygen atoms in total. The van der Waals surface area contributed by atoms with E-state index in [1.54, 1.807) is 30.0 Å². The summed E-state index contributed by atoms with van der Waals surface area (Å²) in [5.74, 6) is 0.555. The van der Waals surface area contributed by atoms with Gasteiger partial charge >= 0.3 is 5.97 Å². The van der Waals surface area contributed by atoms with Crippen LogP contribution in [-0.4, -0.2) is 17.6 Å². The Bertz CT molecular complexity index is 959. The van der Waals surface area contributed by atoms with Crippen molar-refractivity contribution < 1.29 is 9.53 Å². The van der Waals surface area contributed by atoms with E-state index in [-0.39, 0.29) is 12.4 Å². The fourth-order valence-corrected chi connectivity index (χ4v) is 4.35. The van der Waals surface area contributed by atoms with Gasteiger partial charge in [0.05, 0.1) is 30.4 Å². The van der Waals surface area contributed by atoms with E-state index >= 15 is 0 Å². The van der Waals surface area contributed by atoms with E-state index in [2.05, 4.69) is 23.2 Å². The highest BCUT2D eigenvalue weighted by atomic mass is 32.2. The van der Waals surface area contributed by atoms with Gasteiger partial charge in [-0.15, -0.1) is 11.3 Å². The van der Waals surface area contributed by atoms with Gasteiger partial charge in [0.1, 0.15) is 4.34 Å². The number of rotatable bonds is 7. The molecular weight excluding hydrogens is 376 g/mol. The monoisotopic (exact) mass is 394 g/mol. The second kappa shape index (κ2) is 9.36. The zero-order valence-corrected chi connectivity index (χ0v) is 16.5. The summed E-state index contributed by atoms with van der Waals surface area (Å²) in [7, 11) is 0. The SMILES string of the molecule is CCOC(=O)Cc1csc(SCc2ccc(-c3ccccc3C#N)cc2)n1. The number of nitriles is 1. The van der Waals surface area contributed by atoms with Crippen LogP contribution >= 0.6 is 23.1 Å². The van der Waals surface area contributed by atoms with E-state index in [1.165, 1.54) is 5.56 Å². The van der Waals surface area contributed by atoms with Crippen LogP contribution in [-0.2, 0) is 21.7 Å². The molecule has 6 heteroatoms. The largest absolute Gasteiger partial charge is 0.466 e. The summed E-state index contributed by atoms with van der Waals surface area (Å²) in [4.78, 5) is 16.0. The van der Waals surface area contributed by atoms with Crippen LogP contribution in [0, 0.1) is 11.3 Å². The highest BCUT2D eigenvalue weighted by Gasteiger charge is 2.09. The summed E-state index contributed by atoms with van der Waals surface area (Å²) in [5, 5.41) is 11.1. The maximum atomic E-state index is 11.5. The average Bonchev–Trinajstić information content (AvgIpc) is 3.14. The second-order valence-corrected chi connectivity index (χ2v) is 7.81. The normalized spacial score (nSPS) is 10.4. The van der Waals surface area contributed by atoms with Crippen LogP contribution in [0.3, 0.4) is 0 Å². The lowest BCUT2D eigenvalue weighted by atomic mass is 10.00. The lowest BCUT2D eigenvalue weighted by Crippen LogP contribution is -2.07. The molecule has 0 saturated heterocycles. The first-order chi connectivity index (χ1) is 13.2. The van der Waals surface area contributed by atoms with Gasteiger partial charge in [-0.2, -0.15) is 5.26 Å². The Kier molecular flexibility index (Phi) is 6.64. The Morgan fingerprint density at radius 1 is 1.22 bits per heavy atom. The number of esters is 1. The molecule has 0 aliphatic carbocycles. The Morgan fingerprint density at radius 2 is 2.00 bits per heavy atom. The van der Waals surface area contributed by atoms with Gasteiger partial charge in [0.25, 0.3) is 0 Å². The Morgan fingerprint density at radius 3 is 2.74 bits per heavy atom. The number of carbonyl (C=O) groups is 1. The first-order valence-electron chi connectivity index (χ1n) is 8.51. The fraction of sp³-hybridized carbons (Fsp3) is 0.190. The molecule has 0 spiro atoms. The van der Waals surface area contributed by atoms with Crippen molar-refractivity contribution >= 4 is 29.1 Å². The molecule has 0 fully saturated rings. The fourth-order valence-electron chi connectivity index (χ4n) is 2.55. The number of carbonyl (C=O) groups excluding carboxylic acids is 1. The molecule has 0 aliphatic rings. The molecular formula is C21H18N2O2S2. The Hall–Kier alpha value is -2.62. The number of nitrogens with zero attached hydrogens (tertiary/aromatic N) is 2. The molecule has 3 aromatic rings. The van der Waals surface area contributed by atoms with Gasteiger partial charge < -0.3 is 4.74 Å². The first kappa shape index (κ1) is 19.2. The minimum atomic E-state index is -0.243. The molecule has 1 aromatic heterocycles. The molecule has 1 heterocycles. The van der Waals surface area contributed by atoms with Crippen LogP contribution in [0.1, 0.15) is 23.7 Å². The third-order valence-electron chi connectivity index (χ3n) is 3.84. The number of aromatic nitrogens is 1. The molecule has 3 rings (SSSR count). The molecule has 0 unspecified atom stereocenters. The summed E-state index contributed by atoms with van der Waals surface area (Å²) in [6.45, 7) is 2.18. The quantitative estimate of drug-likeness (QED) is 0.413. The van der Waals surface area contributed by atoms with Gasteiger partial charge in [-0.3, -0.25) is 4.79 Å². The van der Waals surface area contributed by atoms with Gasteiger partial charge in [-0.1, -0.05) is 54.2 Å². The minimum absolute atomic E-state index is 0.220. The van der Waals surface area contributed by atoms with Crippen LogP contribution < -0.4 is 0 Å². The number of ether oxygens (including phenoxy) is 1. The van der Waals surface area contributed by atoms with E-state index in [9.17, 15) is 10.1 Å². The minimum Gasteiger partial charge on any atom is -0.466 e. The Balaban J connectivity index is 1.60. The highest BCUT2D eigenvalue weighted by Crippen LogP contribution is 2.28. The molecule has 0 atom stereocenters. The topological polar surface area (TPSA) is 63.0 Å². The molecule has 136 valence electrons. The summed E-state index contributed by atoms with van der Waals surface area (Å²) in [6, 6.07) is 18.1. The predicted octanol–water partition coefficient (Wildman–Crippen LogP) is 5.08. The van der Waals surface area contributed by atoms with Gasteiger partial charge in [0, 0.05) is 11.1 Å². The maximum Gasteiger partial charge on any atom is 0.311 e. The van der Waals surface area contributed by atoms with Gasteiger partial charge in [0.15, 0.2) is 0 Å². The summed E-state index contributed by atoms with van der Waals surface area (Å²) in [5.41, 5.74) is 4.59. The van der Waals surface area contributed by atoms with Gasteiger partial charge in [-0.25, -0.2) is 4.98 Å². The van der Waals surface area contributed by atoms with Crippen molar-refractivity contribution in [3.8, 4) is 17.2 Å². The third kappa shape index (κ3) is 5.19. The smallest absolute Gasteiger partial charge is 0.311 e. The Labute approximate surface area is 166 Å². The van der Waals surface area contributed by atoms with E-state index in [1.807, 2.05) is 41.8 Å².